The van der Waals surface area contributed by atoms with Crippen molar-refractivity contribution in [2.24, 2.45) is 0 Å². The van der Waals surface area contributed by atoms with Crippen LogP contribution in [0.1, 0.15) is 56.8 Å². The molecule has 0 fully saturated rings. The van der Waals surface area contributed by atoms with Gasteiger partial charge in [-0.3, -0.25) is 9.55 Å². The third-order valence-corrected chi connectivity index (χ3v) is 11.3. The highest BCUT2D eigenvalue weighted by atomic mass is 16.3. The van der Waals surface area contributed by atoms with Gasteiger partial charge in [0.15, 0.2) is 0 Å². The van der Waals surface area contributed by atoms with Crippen molar-refractivity contribution in [3.8, 4) is 78.6 Å². The van der Waals surface area contributed by atoms with Gasteiger partial charge in [0.1, 0.15) is 11.6 Å². The highest BCUT2D eigenvalue weighted by Crippen LogP contribution is 2.42. The average Bonchev–Trinajstić information content (AvgIpc) is 3.69. The fraction of sp³-hybridized carbons (Fsp3) is 0.143. The lowest BCUT2D eigenvalue weighted by molar-refractivity contribution is 0.472. The maximum absolute atomic E-state index is 11.8. The van der Waals surface area contributed by atoms with Gasteiger partial charge in [-0.15, -0.1) is 0 Å². The maximum Gasteiger partial charge on any atom is 0.149 e. The Bertz CT molecular complexity index is 3270. The van der Waals surface area contributed by atoms with Crippen molar-refractivity contribution in [1.82, 2.24) is 14.5 Å². The minimum atomic E-state index is -2.78. The lowest BCUT2D eigenvalue weighted by Crippen LogP contribution is -2.11. The van der Waals surface area contributed by atoms with E-state index in [-0.39, 0.29) is 27.9 Å². The normalized spacial score (nSPS) is 13.6. The molecule has 0 unspecified atom stereocenters. The van der Waals surface area contributed by atoms with Gasteiger partial charge in [-0.05, 0) is 148 Å². The molecule has 0 saturated heterocycles. The number of nitrogens with zero attached hydrogens (tertiary/aromatic N) is 3. The zero-order valence-corrected chi connectivity index (χ0v) is 34.4. The summed E-state index contributed by atoms with van der Waals surface area (Å²) in [5.41, 5.74) is 12.7. The molecular weight excluding hydrogens is 731 g/mol. The average molecular weight is 786 g/mol. The van der Waals surface area contributed by atoms with Crippen LogP contribution in [-0.2, 0) is 5.41 Å². The van der Waals surface area contributed by atoms with Gasteiger partial charge in [-0.1, -0.05) is 130 Å². The van der Waals surface area contributed by atoms with Gasteiger partial charge in [-0.2, -0.15) is 0 Å². The van der Waals surface area contributed by atoms with Crippen molar-refractivity contribution in [3.05, 3.63) is 192 Å². The summed E-state index contributed by atoms with van der Waals surface area (Å²) in [7, 11) is 0. The van der Waals surface area contributed by atoms with Crippen LogP contribution in [0, 0.1) is 27.6 Å². The number of imidazole rings is 1. The largest absolute Gasteiger partial charge is 0.507 e. The Labute approximate surface area is 362 Å². The number of hydrogen-bond donors (Lipinski definition) is 1. The lowest BCUT2D eigenvalue weighted by atomic mass is 9.83. The Kier molecular flexibility index (Phi) is 8.12. The van der Waals surface area contributed by atoms with Crippen molar-refractivity contribution in [1.29, 1.82) is 0 Å². The molecule has 2 aromatic heterocycles. The van der Waals surface area contributed by atoms with E-state index in [1.54, 1.807) is 30.3 Å². The molecule has 0 radical (unpaired) electrons. The molecule has 2 heterocycles. The van der Waals surface area contributed by atoms with Crippen LogP contribution in [0.25, 0.3) is 83.9 Å². The molecular formula is C56H49N3O. The molecule has 0 aliphatic carbocycles. The molecule has 7 aromatic carbocycles. The van der Waals surface area contributed by atoms with Crippen LogP contribution < -0.4 is 0 Å². The molecule has 0 aliphatic rings. The summed E-state index contributed by atoms with van der Waals surface area (Å²) < 4.78 is 53.6. The Morgan fingerprint density at radius 2 is 1.23 bits per heavy atom. The van der Waals surface area contributed by atoms with Crippen molar-refractivity contribution in [3.63, 3.8) is 0 Å². The third kappa shape index (κ3) is 7.20. The molecule has 60 heavy (non-hydrogen) atoms. The van der Waals surface area contributed by atoms with Crippen LogP contribution in [0.5, 0.6) is 5.75 Å². The van der Waals surface area contributed by atoms with Crippen molar-refractivity contribution < 1.29 is 13.3 Å². The van der Waals surface area contributed by atoms with Gasteiger partial charge in [0, 0.05) is 31.2 Å². The minimum Gasteiger partial charge on any atom is -0.507 e. The van der Waals surface area contributed by atoms with Crippen molar-refractivity contribution in [2.75, 3.05) is 0 Å². The first-order valence-electron chi connectivity index (χ1n) is 23.2. The predicted molar refractivity (Wildman–Crippen MR) is 251 cm³/mol. The van der Waals surface area contributed by atoms with E-state index in [0.717, 1.165) is 55.8 Å². The molecule has 9 rings (SSSR count). The van der Waals surface area contributed by atoms with Crippen molar-refractivity contribution >= 4 is 11.0 Å². The van der Waals surface area contributed by atoms with E-state index in [0.29, 0.717) is 39.2 Å². The maximum atomic E-state index is 11.8. The Balaban J connectivity index is 1.28. The Hall–Kier alpha value is -7.04. The van der Waals surface area contributed by atoms with Crippen LogP contribution in [0.4, 0.5) is 0 Å². The summed E-state index contributed by atoms with van der Waals surface area (Å²) in [4.78, 5) is 10.3. The summed E-state index contributed by atoms with van der Waals surface area (Å²) in [6.07, 6.45) is 1.85. The topological polar surface area (TPSA) is 50.9 Å². The molecule has 0 saturated carbocycles. The molecule has 0 amide bonds. The number of aryl methyl sites for hydroxylation is 3. The number of phenols is 1. The lowest BCUT2D eigenvalue weighted by Gasteiger charge is -2.22. The number of benzene rings is 7. The van der Waals surface area contributed by atoms with E-state index < -0.39 is 13.7 Å². The molecule has 0 aliphatic heterocycles. The number of pyridine rings is 1. The molecule has 0 spiro atoms. The summed E-state index contributed by atoms with van der Waals surface area (Å²) in [5.74, 6) is 0.411. The molecule has 4 heteroatoms. The van der Waals surface area contributed by atoms with Crippen LogP contribution in [0.3, 0.4) is 0 Å². The molecule has 9 aromatic rings. The molecule has 4 nitrogen and oxygen atoms in total. The van der Waals surface area contributed by atoms with Gasteiger partial charge in [0.25, 0.3) is 0 Å². The van der Waals surface area contributed by atoms with E-state index >= 15 is 0 Å². The number of hydrogen-bond acceptors (Lipinski definition) is 3. The van der Waals surface area contributed by atoms with E-state index in [9.17, 15) is 5.11 Å². The highest BCUT2D eigenvalue weighted by Gasteiger charge is 2.24. The summed E-state index contributed by atoms with van der Waals surface area (Å²) >= 11 is 0. The quantitative estimate of drug-likeness (QED) is 0.175. The van der Waals surface area contributed by atoms with Gasteiger partial charge in [-0.25, -0.2) is 4.98 Å². The summed E-state index contributed by atoms with van der Waals surface area (Å²) in [6, 6.07) is 51.4. The fourth-order valence-corrected chi connectivity index (χ4v) is 8.12. The van der Waals surface area contributed by atoms with Crippen LogP contribution >= 0.6 is 0 Å². The van der Waals surface area contributed by atoms with Crippen LogP contribution in [0.15, 0.2) is 164 Å². The number of phenolic OH excluding ortho intramolecular Hbond substituents is 1. The fourth-order valence-electron chi connectivity index (χ4n) is 8.12. The third-order valence-electron chi connectivity index (χ3n) is 11.3. The van der Waals surface area contributed by atoms with Gasteiger partial charge in [0.05, 0.1) is 22.3 Å². The van der Waals surface area contributed by atoms with Gasteiger partial charge < -0.3 is 5.11 Å². The number of fused-ring (bicyclic) bond motifs is 1. The first kappa shape index (κ1) is 31.9. The van der Waals surface area contributed by atoms with E-state index in [1.807, 2.05) is 85.3 Å². The first-order chi connectivity index (χ1) is 31.3. The predicted octanol–water partition coefficient (Wildman–Crippen LogP) is 14.7. The number of para-hydroxylation sites is 1. The SMILES string of the molecule is [2H]C([2H])([2H])c1cc(-n2c(-c3cc(C)cc(C)c3O)nc3c(-c4cc(-c5cc(-c6ccc(-c7ccccc7)cc6)ccn5)cc(C(C)(C)C)c4)cccc32)cc(-c2ccccc2)c1C([2H])([2H])[2H]. The smallest absolute Gasteiger partial charge is 0.149 e. The second-order valence-electron chi connectivity index (χ2n) is 16.6. The molecule has 0 bridgehead atoms. The first-order valence-corrected chi connectivity index (χ1v) is 20.2. The second kappa shape index (κ2) is 15.3. The van der Waals surface area contributed by atoms with E-state index in [1.165, 1.54) is 6.07 Å². The number of aromatic nitrogens is 3. The van der Waals surface area contributed by atoms with E-state index in [2.05, 4.69) is 81.4 Å². The van der Waals surface area contributed by atoms with Crippen LogP contribution in [0.2, 0.25) is 0 Å². The van der Waals surface area contributed by atoms with Gasteiger partial charge in [0.2, 0.25) is 0 Å². The monoisotopic (exact) mass is 785 g/mol. The minimum absolute atomic E-state index is 0.0369. The summed E-state index contributed by atoms with van der Waals surface area (Å²) in [5, 5.41) is 11.8. The molecule has 294 valence electrons. The van der Waals surface area contributed by atoms with Crippen molar-refractivity contribution in [2.45, 2.75) is 53.7 Å². The van der Waals surface area contributed by atoms with E-state index in [4.69, 9.17) is 18.2 Å². The standard InChI is InChI=1S/C56H49N3O/c1-35-27-37(3)54(60)50(28-35)55-58-53-48(19-14-20-52(53)59(55)47-29-36(2)38(4)49(34-47)42-17-12-9-13-18-42)44-30-45(32-46(31-44)56(5,6)7)51-33-43(25-26-57-51)41-23-21-40(22-24-41)39-15-10-8-11-16-39/h8-34,60H,1-7H3/i2D3,4D3. The Morgan fingerprint density at radius 3 is 1.93 bits per heavy atom. The second-order valence-corrected chi connectivity index (χ2v) is 16.6. The zero-order chi connectivity index (χ0) is 46.7. The molecule has 1 N–H and O–H groups in total. The van der Waals surface area contributed by atoms with Gasteiger partial charge >= 0.3 is 0 Å². The Morgan fingerprint density at radius 1 is 0.550 bits per heavy atom. The zero-order valence-electron chi connectivity index (χ0n) is 40.4. The number of rotatable bonds is 7. The highest BCUT2D eigenvalue weighted by molar-refractivity contribution is 5.97. The molecule has 0 atom stereocenters. The number of aromatic hydroxyl groups is 1. The summed E-state index contributed by atoms with van der Waals surface area (Å²) in [6.45, 7) is 4.79. The van der Waals surface area contributed by atoms with Crippen LogP contribution in [-0.4, -0.2) is 19.6 Å².